The van der Waals surface area contributed by atoms with Crippen molar-refractivity contribution in [2.45, 2.75) is 51.3 Å². The smallest absolute Gasteiger partial charge is 0.400 e. The van der Waals surface area contributed by atoms with E-state index in [4.69, 9.17) is 23.7 Å². The molecule has 2 saturated heterocycles. The minimum Gasteiger partial charge on any atom is -0.432 e. The monoisotopic (exact) mass is 560 g/mol. The van der Waals surface area contributed by atoms with E-state index in [1.165, 1.54) is 0 Å². The molecule has 1 saturated carbocycles. The molecule has 5 rings (SSSR count). The highest BCUT2D eigenvalue weighted by atomic mass is 19.3. The average Bonchev–Trinajstić information content (AvgIpc) is 2.92. The first-order chi connectivity index (χ1) is 18.6. The van der Waals surface area contributed by atoms with Gasteiger partial charge in [-0.3, -0.25) is 0 Å². The zero-order chi connectivity index (χ0) is 27.7. The van der Waals surface area contributed by atoms with Crippen molar-refractivity contribution >= 4 is 0 Å². The number of alkyl halides is 2. The van der Waals surface area contributed by atoms with Crippen LogP contribution in [0.3, 0.4) is 0 Å². The maximum Gasteiger partial charge on any atom is 0.400 e. The highest BCUT2D eigenvalue weighted by molar-refractivity contribution is 5.65. The molecule has 3 fully saturated rings. The van der Waals surface area contributed by atoms with E-state index in [0.717, 1.165) is 12.1 Å². The zero-order valence-electron chi connectivity index (χ0n) is 21.3. The summed E-state index contributed by atoms with van der Waals surface area (Å²) in [5.74, 6) is -6.98. The molecule has 0 N–H and O–H groups in total. The summed E-state index contributed by atoms with van der Waals surface area (Å²) in [6.45, 7) is 4.09. The lowest BCUT2D eigenvalue weighted by molar-refractivity contribution is -0.292. The molecule has 214 valence electrons. The van der Waals surface area contributed by atoms with Crippen LogP contribution >= 0.6 is 0 Å². The van der Waals surface area contributed by atoms with Crippen molar-refractivity contribution in [3.8, 4) is 16.9 Å². The highest BCUT2D eigenvalue weighted by Gasteiger charge is 2.46. The Morgan fingerprint density at radius 1 is 0.718 bits per heavy atom. The van der Waals surface area contributed by atoms with Crippen LogP contribution in [0, 0.1) is 46.9 Å². The molecule has 0 aromatic heterocycles. The predicted molar refractivity (Wildman–Crippen MR) is 127 cm³/mol. The van der Waals surface area contributed by atoms with Crippen LogP contribution in [0.25, 0.3) is 11.1 Å². The number of benzene rings is 2. The molecule has 0 atom stereocenters. The maximum absolute atomic E-state index is 15.0. The van der Waals surface area contributed by atoms with Gasteiger partial charge in [-0.2, -0.15) is 8.78 Å². The Morgan fingerprint density at radius 3 is 1.87 bits per heavy atom. The molecule has 2 aromatic rings. The largest absolute Gasteiger partial charge is 0.432 e. The Balaban J connectivity index is 1.13. The third-order valence-corrected chi connectivity index (χ3v) is 7.55. The minimum absolute atomic E-state index is 0.0422. The highest BCUT2D eigenvalue weighted by Crippen LogP contribution is 2.42. The number of halogens is 6. The lowest BCUT2D eigenvalue weighted by atomic mass is 9.80. The standard InChI is InChI=1S/C28H30F6O5/c1-15-11-35-27(36-12-15)18-13-37-26(38-14-18)16-2-4-19(5-3-16)28(33,34)39-20-6-7-21(22(29)10-20)17-8-23(30)25(32)24(31)9-17/h6-10,15-16,18-19,26-27H,2-5,11-14H2,1H3. The molecule has 0 spiro atoms. The van der Waals surface area contributed by atoms with E-state index in [1.807, 2.05) is 6.92 Å². The van der Waals surface area contributed by atoms with Crippen molar-refractivity contribution < 1.29 is 50.0 Å². The van der Waals surface area contributed by atoms with Crippen molar-refractivity contribution in [3.05, 3.63) is 53.6 Å². The fraction of sp³-hybridized carbons (Fsp3) is 0.571. The fourth-order valence-electron chi connectivity index (χ4n) is 5.32. The predicted octanol–water partition coefficient (Wildman–Crippen LogP) is 6.69. The van der Waals surface area contributed by atoms with Crippen LogP contribution in [-0.2, 0) is 18.9 Å². The normalized spacial score (nSPS) is 30.2. The first-order valence-corrected chi connectivity index (χ1v) is 13.1. The fourth-order valence-corrected chi connectivity index (χ4v) is 5.32. The Bertz CT molecular complexity index is 1120. The quantitative estimate of drug-likeness (QED) is 0.291. The van der Waals surface area contributed by atoms with Gasteiger partial charge < -0.3 is 23.7 Å². The molecular formula is C28H30F6O5. The van der Waals surface area contributed by atoms with Gasteiger partial charge in [0.1, 0.15) is 11.6 Å². The van der Waals surface area contributed by atoms with E-state index in [-0.39, 0.29) is 42.1 Å². The van der Waals surface area contributed by atoms with Gasteiger partial charge >= 0.3 is 6.11 Å². The summed E-state index contributed by atoms with van der Waals surface area (Å²) in [6, 6.07) is 4.11. The topological polar surface area (TPSA) is 46.2 Å². The zero-order valence-corrected chi connectivity index (χ0v) is 21.3. The lowest BCUT2D eigenvalue weighted by Crippen LogP contribution is -2.46. The van der Waals surface area contributed by atoms with Crippen LogP contribution in [0.1, 0.15) is 32.6 Å². The lowest BCUT2D eigenvalue weighted by Gasteiger charge is -2.41. The molecule has 0 unspecified atom stereocenters. The van der Waals surface area contributed by atoms with Crippen LogP contribution in [0.15, 0.2) is 30.3 Å². The van der Waals surface area contributed by atoms with E-state index in [2.05, 4.69) is 0 Å². The van der Waals surface area contributed by atoms with Crippen molar-refractivity contribution in [1.29, 1.82) is 0 Å². The molecule has 2 heterocycles. The summed E-state index contributed by atoms with van der Waals surface area (Å²) in [7, 11) is 0. The molecule has 3 aliphatic rings. The Morgan fingerprint density at radius 2 is 1.28 bits per heavy atom. The molecule has 0 amide bonds. The van der Waals surface area contributed by atoms with Crippen LogP contribution in [0.4, 0.5) is 26.3 Å². The Labute approximate surface area is 222 Å². The molecule has 0 radical (unpaired) electrons. The third kappa shape index (κ3) is 6.37. The van der Waals surface area contributed by atoms with Crippen molar-refractivity contribution in [3.63, 3.8) is 0 Å². The summed E-state index contributed by atoms with van der Waals surface area (Å²) >= 11 is 0. The Kier molecular flexibility index (Phi) is 8.42. The van der Waals surface area contributed by atoms with Crippen molar-refractivity contribution in [2.24, 2.45) is 23.7 Å². The van der Waals surface area contributed by atoms with Crippen molar-refractivity contribution in [2.75, 3.05) is 26.4 Å². The van der Waals surface area contributed by atoms with Gasteiger partial charge in [-0.1, -0.05) is 6.92 Å². The van der Waals surface area contributed by atoms with Crippen LogP contribution in [-0.4, -0.2) is 45.1 Å². The molecule has 5 nitrogen and oxygen atoms in total. The van der Waals surface area contributed by atoms with Gasteiger partial charge in [0, 0.05) is 23.5 Å². The maximum atomic E-state index is 15.0. The van der Waals surface area contributed by atoms with E-state index in [1.54, 1.807) is 0 Å². The van der Waals surface area contributed by atoms with Gasteiger partial charge in [0.05, 0.1) is 38.3 Å². The minimum atomic E-state index is -3.57. The molecule has 2 aromatic carbocycles. The SMILES string of the molecule is CC1COC(C2COC(C3CCC(C(F)(F)Oc4ccc(-c5cc(F)c(F)c(F)c5)c(F)c4)CC3)OC2)OC1. The number of ether oxygens (including phenoxy) is 5. The van der Waals surface area contributed by atoms with Gasteiger partial charge in [-0.25, -0.2) is 17.6 Å². The first kappa shape index (κ1) is 28.2. The van der Waals surface area contributed by atoms with Crippen LogP contribution in [0.5, 0.6) is 5.75 Å². The summed E-state index contributed by atoms with van der Waals surface area (Å²) in [5, 5.41) is 0. The number of hydrogen-bond donors (Lipinski definition) is 0. The second kappa shape index (κ2) is 11.6. The van der Waals surface area contributed by atoms with E-state index in [9.17, 15) is 26.3 Å². The van der Waals surface area contributed by atoms with E-state index < -0.39 is 47.3 Å². The van der Waals surface area contributed by atoms with Crippen LogP contribution in [0.2, 0.25) is 0 Å². The van der Waals surface area contributed by atoms with Gasteiger partial charge in [-0.15, -0.1) is 0 Å². The Hall–Kier alpha value is -2.34. The van der Waals surface area contributed by atoms with Gasteiger partial charge in [0.2, 0.25) is 0 Å². The van der Waals surface area contributed by atoms with E-state index in [0.29, 0.717) is 63.4 Å². The first-order valence-electron chi connectivity index (χ1n) is 13.1. The second-order valence-corrected chi connectivity index (χ2v) is 10.6. The van der Waals surface area contributed by atoms with Gasteiger partial charge in [0.15, 0.2) is 30.0 Å². The summed E-state index contributed by atoms with van der Waals surface area (Å²) in [5.41, 5.74) is -0.553. The summed E-state index contributed by atoms with van der Waals surface area (Å²) < 4.78 is 113. The molecule has 1 aliphatic carbocycles. The molecule has 11 heteroatoms. The molecule has 39 heavy (non-hydrogen) atoms. The van der Waals surface area contributed by atoms with Crippen molar-refractivity contribution in [1.82, 2.24) is 0 Å². The summed E-state index contributed by atoms with van der Waals surface area (Å²) in [6.07, 6.45) is -3.21. The molecular weight excluding hydrogens is 530 g/mol. The molecule has 2 aliphatic heterocycles. The second-order valence-electron chi connectivity index (χ2n) is 10.6. The van der Waals surface area contributed by atoms with Gasteiger partial charge in [0.25, 0.3) is 0 Å². The average molecular weight is 561 g/mol. The molecule has 0 bridgehead atoms. The van der Waals surface area contributed by atoms with Gasteiger partial charge in [-0.05, 0) is 55.5 Å². The number of hydrogen-bond acceptors (Lipinski definition) is 5. The number of rotatable bonds is 6. The van der Waals surface area contributed by atoms with E-state index >= 15 is 0 Å². The van der Waals surface area contributed by atoms with Crippen LogP contribution < -0.4 is 4.74 Å². The third-order valence-electron chi connectivity index (χ3n) is 7.55. The summed E-state index contributed by atoms with van der Waals surface area (Å²) in [4.78, 5) is 0.